The van der Waals surface area contributed by atoms with E-state index in [1.807, 2.05) is 0 Å². The molecule has 1 aromatic carbocycles. The molecule has 2 rings (SSSR count). The second kappa shape index (κ2) is 6.14. The van der Waals surface area contributed by atoms with Crippen molar-refractivity contribution >= 4 is 23.3 Å². The Labute approximate surface area is 135 Å². The van der Waals surface area contributed by atoms with Crippen LogP contribution >= 0.6 is 0 Å². The number of hydrogen-bond donors (Lipinski definition) is 1. The van der Waals surface area contributed by atoms with Crippen LogP contribution in [0.1, 0.15) is 25.8 Å². The van der Waals surface area contributed by atoms with Crippen molar-refractivity contribution in [1.82, 2.24) is 0 Å². The van der Waals surface area contributed by atoms with Gasteiger partial charge in [-0.2, -0.15) is 18.3 Å². The lowest BCUT2D eigenvalue weighted by Crippen LogP contribution is -2.47. The highest BCUT2D eigenvalue weighted by Crippen LogP contribution is 2.37. The van der Waals surface area contributed by atoms with Crippen LogP contribution in [-0.4, -0.2) is 34.9 Å². The molecule has 0 aromatic heterocycles. The number of anilines is 1. The van der Waals surface area contributed by atoms with Crippen LogP contribution in [0, 0.1) is 0 Å². The molecule has 0 radical (unpaired) electrons. The molecular formula is C15H15F3N2O4. The summed E-state index contributed by atoms with van der Waals surface area (Å²) in [5, 5.41) is 14.3. The van der Waals surface area contributed by atoms with Crippen molar-refractivity contribution in [2.45, 2.75) is 32.0 Å². The summed E-state index contributed by atoms with van der Waals surface area (Å²) in [6.07, 6.45) is -4.86. The number of rotatable bonds is 4. The average Bonchev–Trinajstić information content (AvgIpc) is 2.86. The predicted molar refractivity (Wildman–Crippen MR) is 78.6 cm³/mol. The van der Waals surface area contributed by atoms with Gasteiger partial charge in [-0.1, -0.05) is 6.07 Å². The number of benzene rings is 1. The number of hydrazone groups is 1. The highest BCUT2D eigenvalue weighted by atomic mass is 19.4. The predicted octanol–water partition coefficient (Wildman–Crippen LogP) is 2.68. The third-order valence-corrected chi connectivity index (χ3v) is 3.59. The molecule has 0 unspecified atom stereocenters. The van der Waals surface area contributed by atoms with E-state index in [4.69, 9.17) is 4.74 Å². The third kappa shape index (κ3) is 3.19. The molecule has 1 atom stereocenters. The highest BCUT2D eigenvalue weighted by Gasteiger charge is 2.48. The summed E-state index contributed by atoms with van der Waals surface area (Å²) in [5.74, 6) is -2.11. The largest absolute Gasteiger partial charge is 0.479 e. The van der Waals surface area contributed by atoms with E-state index >= 15 is 0 Å². The maximum Gasteiger partial charge on any atom is 0.416 e. The Kier molecular flexibility index (Phi) is 4.54. The summed E-state index contributed by atoms with van der Waals surface area (Å²) in [4.78, 5) is 23.4. The number of alkyl halides is 3. The molecule has 0 spiro atoms. The molecule has 1 heterocycles. The van der Waals surface area contributed by atoms with Gasteiger partial charge < -0.3 is 9.84 Å². The zero-order chi connectivity index (χ0) is 18.1. The molecule has 0 bridgehead atoms. The fourth-order valence-electron chi connectivity index (χ4n) is 2.32. The summed E-state index contributed by atoms with van der Waals surface area (Å²) >= 11 is 0. The molecular weight excluding hydrogens is 329 g/mol. The Bertz CT molecular complexity index is 702. The van der Waals surface area contributed by atoms with E-state index < -0.39 is 29.2 Å². The molecule has 6 nitrogen and oxygen atoms in total. The van der Waals surface area contributed by atoms with Gasteiger partial charge in [0.1, 0.15) is 5.71 Å². The van der Waals surface area contributed by atoms with Gasteiger partial charge >= 0.3 is 18.1 Å². The molecule has 1 aromatic rings. The number of carboxylic acid groups (broad SMARTS) is 1. The Morgan fingerprint density at radius 1 is 1.42 bits per heavy atom. The van der Waals surface area contributed by atoms with Crippen LogP contribution in [0.4, 0.5) is 18.9 Å². The first-order valence-corrected chi connectivity index (χ1v) is 7.05. The van der Waals surface area contributed by atoms with Gasteiger partial charge in [0.15, 0.2) is 5.54 Å². The molecule has 0 amide bonds. The quantitative estimate of drug-likeness (QED) is 0.850. The number of hydrogen-bond acceptors (Lipinski definition) is 5. The molecule has 9 heteroatoms. The van der Waals surface area contributed by atoms with Gasteiger partial charge in [-0.15, -0.1) is 0 Å². The van der Waals surface area contributed by atoms with Crippen molar-refractivity contribution in [2.75, 3.05) is 11.6 Å². The topological polar surface area (TPSA) is 79.2 Å². The Balaban J connectivity index is 2.48. The van der Waals surface area contributed by atoms with Crippen molar-refractivity contribution in [3.05, 3.63) is 29.8 Å². The molecule has 1 N–H and O–H groups in total. The highest BCUT2D eigenvalue weighted by molar-refractivity contribution is 6.38. The average molecular weight is 344 g/mol. The summed E-state index contributed by atoms with van der Waals surface area (Å²) in [5.41, 5.74) is -2.85. The van der Waals surface area contributed by atoms with Crippen molar-refractivity contribution < 1.29 is 32.6 Å². The summed E-state index contributed by atoms with van der Waals surface area (Å²) in [6, 6.07) is 4.11. The second-order valence-electron chi connectivity index (χ2n) is 5.38. The summed E-state index contributed by atoms with van der Waals surface area (Å²) in [7, 11) is 0. The number of carbonyl (C=O) groups excluding carboxylic acids is 1. The van der Waals surface area contributed by atoms with Crippen LogP contribution in [0.15, 0.2) is 29.4 Å². The Morgan fingerprint density at radius 3 is 2.62 bits per heavy atom. The number of ether oxygens (including phenoxy) is 1. The molecule has 0 aliphatic carbocycles. The van der Waals surface area contributed by atoms with E-state index in [0.29, 0.717) is 0 Å². The van der Waals surface area contributed by atoms with Gasteiger partial charge in [-0.3, -0.25) is 0 Å². The Hall–Kier alpha value is -2.58. The molecule has 1 aliphatic rings. The lowest BCUT2D eigenvalue weighted by Gasteiger charge is -2.30. The monoisotopic (exact) mass is 344 g/mol. The minimum absolute atomic E-state index is 0.0746. The van der Waals surface area contributed by atoms with Gasteiger partial charge in [-0.25, -0.2) is 14.6 Å². The number of nitrogens with zero attached hydrogens (tertiary/aromatic N) is 2. The first kappa shape index (κ1) is 17.8. The smallest absolute Gasteiger partial charge is 0.416 e. The van der Waals surface area contributed by atoms with Crippen molar-refractivity contribution in [3.8, 4) is 0 Å². The van der Waals surface area contributed by atoms with Gasteiger partial charge in [0.2, 0.25) is 0 Å². The third-order valence-electron chi connectivity index (χ3n) is 3.59. The maximum atomic E-state index is 12.9. The molecule has 24 heavy (non-hydrogen) atoms. The minimum atomic E-state index is -4.58. The number of aliphatic carboxylic acids is 1. The lowest BCUT2D eigenvalue weighted by molar-refractivity contribution is -0.142. The van der Waals surface area contributed by atoms with Crippen LogP contribution in [0.3, 0.4) is 0 Å². The van der Waals surface area contributed by atoms with Gasteiger partial charge in [0, 0.05) is 6.42 Å². The van der Waals surface area contributed by atoms with E-state index in [0.717, 1.165) is 23.2 Å². The SMILES string of the molecule is CCOC(=O)C1=NN(c2cccc(C(F)(F)F)c2)[C@](C)(C(=O)O)C1. The fraction of sp³-hybridized carbons (Fsp3) is 0.400. The maximum absolute atomic E-state index is 12.9. The fourth-order valence-corrected chi connectivity index (χ4v) is 2.32. The van der Waals surface area contributed by atoms with Gasteiger partial charge in [0.25, 0.3) is 0 Å². The van der Waals surface area contributed by atoms with Crippen LogP contribution in [0.25, 0.3) is 0 Å². The standard InChI is InChI=1S/C15H15F3N2O4/c1-3-24-12(21)11-8-14(2,13(22)23)20(19-11)10-6-4-5-9(7-10)15(16,17)18/h4-7H,3,8H2,1-2H3,(H,22,23)/t14-/m0/s1. The van der Waals surface area contributed by atoms with Crippen molar-refractivity contribution in [1.29, 1.82) is 0 Å². The number of halogens is 3. The van der Waals surface area contributed by atoms with E-state index in [-0.39, 0.29) is 24.4 Å². The van der Waals surface area contributed by atoms with E-state index in [2.05, 4.69) is 5.10 Å². The first-order valence-electron chi connectivity index (χ1n) is 7.05. The number of carboxylic acids is 1. The van der Waals surface area contributed by atoms with Crippen molar-refractivity contribution in [2.24, 2.45) is 5.10 Å². The van der Waals surface area contributed by atoms with Crippen LogP contribution in [0.5, 0.6) is 0 Å². The van der Waals surface area contributed by atoms with Crippen molar-refractivity contribution in [3.63, 3.8) is 0 Å². The zero-order valence-corrected chi connectivity index (χ0v) is 12.9. The molecule has 0 fully saturated rings. The van der Waals surface area contributed by atoms with E-state index in [9.17, 15) is 27.9 Å². The molecule has 0 saturated carbocycles. The van der Waals surface area contributed by atoms with Crippen LogP contribution in [-0.2, 0) is 20.5 Å². The van der Waals surface area contributed by atoms with E-state index in [1.165, 1.54) is 13.0 Å². The van der Waals surface area contributed by atoms with Gasteiger partial charge in [-0.05, 0) is 32.0 Å². The second-order valence-corrected chi connectivity index (χ2v) is 5.38. The summed E-state index contributed by atoms with van der Waals surface area (Å²) < 4.78 is 43.4. The Morgan fingerprint density at radius 2 is 2.08 bits per heavy atom. The molecule has 1 aliphatic heterocycles. The summed E-state index contributed by atoms with van der Waals surface area (Å²) in [6.45, 7) is 2.94. The molecule has 0 saturated heterocycles. The number of esters is 1. The zero-order valence-electron chi connectivity index (χ0n) is 12.9. The normalized spacial score (nSPS) is 20.7. The molecule has 130 valence electrons. The minimum Gasteiger partial charge on any atom is -0.479 e. The van der Waals surface area contributed by atoms with Crippen LogP contribution < -0.4 is 5.01 Å². The van der Waals surface area contributed by atoms with Crippen LogP contribution in [0.2, 0.25) is 0 Å². The number of carbonyl (C=O) groups is 2. The van der Waals surface area contributed by atoms with E-state index in [1.54, 1.807) is 6.92 Å². The van der Waals surface area contributed by atoms with Gasteiger partial charge in [0.05, 0.1) is 17.9 Å². The lowest BCUT2D eigenvalue weighted by atomic mass is 9.95. The first-order chi connectivity index (χ1) is 11.1.